The van der Waals surface area contributed by atoms with E-state index in [-0.39, 0.29) is 30.2 Å². The van der Waals surface area contributed by atoms with Crippen LogP contribution in [0, 0.1) is 5.82 Å². The topological polar surface area (TPSA) is 76.1 Å². The minimum atomic E-state index is -1.30. The zero-order valence-corrected chi connectivity index (χ0v) is 19.4. The van der Waals surface area contributed by atoms with E-state index >= 15 is 0 Å². The van der Waals surface area contributed by atoms with E-state index in [4.69, 9.17) is 14.6 Å². The van der Waals surface area contributed by atoms with Crippen molar-refractivity contribution in [2.45, 2.75) is 24.4 Å². The van der Waals surface area contributed by atoms with Crippen LogP contribution in [0.15, 0.2) is 72.8 Å². The number of carbonyl (C=O) groups excluding carboxylic acids is 1. The van der Waals surface area contributed by atoms with Gasteiger partial charge in [-0.3, -0.25) is 4.90 Å². The molecule has 2 unspecified atom stereocenters. The second kappa shape index (κ2) is 8.91. The molecule has 0 radical (unpaired) electrons. The molecule has 6 nitrogen and oxygen atoms in total. The monoisotopic (exact) mass is 485 g/mol. The summed E-state index contributed by atoms with van der Waals surface area (Å²) in [6.07, 6.45) is 1.97. The molecule has 2 aliphatic heterocycles. The lowest BCUT2D eigenvalue weighted by Gasteiger charge is -2.44. The molecule has 1 saturated heterocycles. The number of fused-ring (bicyclic) bond motifs is 5. The number of halogens is 1. The summed E-state index contributed by atoms with van der Waals surface area (Å²) in [5.74, 6) is -2.10. The van der Waals surface area contributed by atoms with Gasteiger partial charge >= 0.3 is 12.1 Å². The quantitative estimate of drug-likeness (QED) is 0.541. The number of carbonyl (C=O) groups is 2. The van der Waals surface area contributed by atoms with Crippen LogP contribution >= 0.6 is 0 Å². The van der Waals surface area contributed by atoms with Gasteiger partial charge in [0.25, 0.3) is 0 Å². The Morgan fingerprint density at radius 1 is 1.00 bits per heavy atom. The lowest BCUT2D eigenvalue weighted by atomic mass is 9.89. The Balaban J connectivity index is 1.21. The molecule has 1 N–H and O–H groups in total. The highest BCUT2D eigenvalue weighted by atomic mass is 19.1. The van der Waals surface area contributed by atoms with Crippen molar-refractivity contribution in [3.63, 3.8) is 0 Å². The molecule has 36 heavy (non-hydrogen) atoms. The summed E-state index contributed by atoms with van der Waals surface area (Å²) in [5.41, 5.74) is 5.77. The van der Waals surface area contributed by atoms with Crippen LogP contribution in [-0.4, -0.2) is 54.0 Å². The van der Waals surface area contributed by atoms with Gasteiger partial charge in [0.15, 0.2) is 0 Å². The summed E-state index contributed by atoms with van der Waals surface area (Å²) in [7, 11) is 0. The fraction of sp³-hybridized carbons (Fsp3) is 0.241. The van der Waals surface area contributed by atoms with Gasteiger partial charge in [-0.25, -0.2) is 14.0 Å². The first-order valence-electron chi connectivity index (χ1n) is 12.0. The third-order valence-electron chi connectivity index (χ3n) is 7.32. The van der Waals surface area contributed by atoms with Gasteiger partial charge in [0.1, 0.15) is 12.4 Å². The smallest absolute Gasteiger partial charge is 0.410 e. The highest BCUT2D eigenvalue weighted by molar-refractivity contribution is 5.88. The summed E-state index contributed by atoms with van der Waals surface area (Å²) < 4.78 is 25.9. The Morgan fingerprint density at radius 3 is 2.33 bits per heavy atom. The average Bonchev–Trinajstić information content (AvgIpc) is 3.20. The summed E-state index contributed by atoms with van der Waals surface area (Å²) in [5, 5.41) is 9.10. The number of hydrogen-bond acceptors (Lipinski definition) is 4. The number of benzene rings is 3. The molecule has 0 saturated carbocycles. The molecule has 2 atom stereocenters. The van der Waals surface area contributed by atoms with E-state index in [0.29, 0.717) is 25.2 Å². The normalized spacial score (nSPS) is 20.4. The molecule has 6 rings (SSSR count). The Labute approximate surface area is 207 Å². The summed E-state index contributed by atoms with van der Waals surface area (Å²) in [6.45, 7) is 0.912. The maximum atomic E-state index is 14.3. The Bertz CT molecular complexity index is 1350. The van der Waals surface area contributed by atoms with Gasteiger partial charge in [-0.2, -0.15) is 0 Å². The van der Waals surface area contributed by atoms with Gasteiger partial charge < -0.3 is 14.6 Å². The molecular formula is C29H24FNO5. The molecule has 0 aromatic heterocycles. The average molecular weight is 486 g/mol. The van der Waals surface area contributed by atoms with Gasteiger partial charge in [-0.1, -0.05) is 60.7 Å². The maximum absolute atomic E-state index is 14.3. The number of aromatic carboxylic acids is 1. The van der Waals surface area contributed by atoms with E-state index in [1.54, 1.807) is 11.0 Å². The third-order valence-corrected chi connectivity index (χ3v) is 7.32. The summed E-state index contributed by atoms with van der Waals surface area (Å²) in [6, 6.07) is 19.9. The van der Waals surface area contributed by atoms with E-state index in [2.05, 4.69) is 24.3 Å². The van der Waals surface area contributed by atoms with Crippen molar-refractivity contribution < 1.29 is 28.6 Å². The van der Waals surface area contributed by atoms with E-state index in [1.807, 2.05) is 30.3 Å². The Kier molecular flexibility index (Phi) is 5.57. The zero-order chi connectivity index (χ0) is 24.8. The molecule has 3 aromatic rings. The first-order chi connectivity index (χ1) is 17.5. The van der Waals surface area contributed by atoms with Crippen LogP contribution in [0.1, 0.15) is 39.4 Å². The van der Waals surface area contributed by atoms with Gasteiger partial charge in [-0.15, -0.1) is 0 Å². The van der Waals surface area contributed by atoms with Gasteiger partial charge in [0.05, 0.1) is 30.9 Å². The molecule has 1 amide bonds. The second-order valence-electron chi connectivity index (χ2n) is 9.37. The molecule has 3 aromatic carbocycles. The molecule has 7 heteroatoms. The third kappa shape index (κ3) is 3.76. The van der Waals surface area contributed by atoms with Crippen LogP contribution in [0.25, 0.3) is 16.7 Å². The van der Waals surface area contributed by atoms with Crippen molar-refractivity contribution in [3.05, 3.63) is 101 Å². The van der Waals surface area contributed by atoms with E-state index < -0.39 is 17.9 Å². The number of carboxylic acids is 1. The molecule has 2 bridgehead atoms. The number of rotatable bonds is 4. The first-order valence-corrected chi connectivity index (χ1v) is 12.0. The molecule has 3 aliphatic rings. The van der Waals surface area contributed by atoms with Crippen LogP contribution in [0.2, 0.25) is 0 Å². The molecule has 2 heterocycles. The minimum Gasteiger partial charge on any atom is -0.478 e. The Morgan fingerprint density at radius 2 is 1.69 bits per heavy atom. The molecule has 0 spiro atoms. The Hall–Kier alpha value is -3.97. The van der Waals surface area contributed by atoms with Crippen molar-refractivity contribution in [1.82, 2.24) is 4.90 Å². The maximum Gasteiger partial charge on any atom is 0.410 e. The fourth-order valence-corrected chi connectivity index (χ4v) is 5.65. The second-order valence-corrected chi connectivity index (χ2v) is 9.37. The van der Waals surface area contributed by atoms with Gasteiger partial charge in [0.2, 0.25) is 0 Å². The van der Waals surface area contributed by atoms with Crippen LogP contribution in [0.3, 0.4) is 0 Å². The van der Waals surface area contributed by atoms with E-state index in [1.165, 1.54) is 23.3 Å². The van der Waals surface area contributed by atoms with Crippen molar-refractivity contribution >= 4 is 17.6 Å². The lowest BCUT2D eigenvalue weighted by molar-refractivity contribution is -0.0331. The number of carboxylic acid groups (broad SMARTS) is 1. The highest BCUT2D eigenvalue weighted by Gasteiger charge is 2.40. The lowest BCUT2D eigenvalue weighted by Crippen LogP contribution is -2.56. The number of nitrogens with zero attached hydrogens (tertiary/aromatic N) is 1. The van der Waals surface area contributed by atoms with E-state index in [0.717, 1.165) is 16.7 Å². The van der Waals surface area contributed by atoms with Crippen molar-refractivity contribution in [1.29, 1.82) is 0 Å². The van der Waals surface area contributed by atoms with Crippen LogP contribution in [-0.2, 0) is 9.47 Å². The zero-order valence-electron chi connectivity index (χ0n) is 19.4. The SMILES string of the molecule is O=C(O)c1ccc(C2=CC3COCC(C2)N3C(=O)OCC2c3ccccc3-c3ccccc32)cc1F. The molecule has 1 aliphatic carbocycles. The highest BCUT2D eigenvalue weighted by Crippen LogP contribution is 2.44. The summed E-state index contributed by atoms with van der Waals surface area (Å²) in [4.78, 5) is 26.2. The molecule has 182 valence electrons. The number of ether oxygens (including phenoxy) is 2. The van der Waals surface area contributed by atoms with Gasteiger partial charge in [-0.05, 0) is 51.9 Å². The minimum absolute atomic E-state index is 0.0240. The van der Waals surface area contributed by atoms with Crippen LogP contribution in [0.5, 0.6) is 0 Å². The predicted octanol–water partition coefficient (Wildman–Crippen LogP) is 5.33. The predicted molar refractivity (Wildman–Crippen MR) is 131 cm³/mol. The van der Waals surface area contributed by atoms with Crippen molar-refractivity contribution in [2.24, 2.45) is 0 Å². The fourth-order valence-electron chi connectivity index (χ4n) is 5.65. The van der Waals surface area contributed by atoms with Crippen molar-refractivity contribution in [2.75, 3.05) is 19.8 Å². The van der Waals surface area contributed by atoms with Crippen LogP contribution in [0.4, 0.5) is 9.18 Å². The van der Waals surface area contributed by atoms with Crippen LogP contribution < -0.4 is 0 Å². The summed E-state index contributed by atoms with van der Waals surface area (Å²) >= 11 is 0. The van der Waals surface area contributed by atoms with E-state index in [9.17, 15) is 14.0 Å². The number of morpholine rings is 1. The van der Waals surface area contributed by atoms with Gasteiger partial charge in [0, 0.05) is 5.92 Å². The standard InChI is InChI=1S/C29H24FNO5/c30-27-13-17(9-10-25(27)28(32)33)18-11-19-14-35-15-20(12-18)31(19)29(34)36-16-26-23-7-3-1-5-21(23)22-6-2-4-8-24(22)26/h1-11,13,19-20,26H,12,14-16H2,(H,32,33). The number of hydrogen-bond donors (Lipinski definition) is 1. The first kappa shape index (κ1) is 22.5. The molecule has 1 fully saturated rings. The molecular weight excluding hydrogens is 461 g/mol. The number of amides is 1. The largest absolute Gasteiger partial charge is 0.478 e. The van der Waals surface area contributed by atoms with Crippen molar-refractivity contribution in [3.8, 4) is 11.1 Å².